The predicted octanol–water partition coefficient (Wildman–Crippen LogP) is 3.82. The number of hydrogen-bond donors (Lipinski definition) is 0. The summed E-state index contributed by atoms with van der Waals surface area (Å²) in [7, 11) is 1.12. The van der Waals surface area contributed by atoms with Gasteiger partial charge in [-0.05, 0) is 61.3 Å². The molecule has 0 N–H and O–H groups in total. The van der Waals surface area contributed by atoms with Gasteiger partial charge in [-0.3, -0.25) is 0 Å². The van der Waals surface area contributed by atoms with Crippen molar-refractivity contribution >= 4 is 26.7 Å². The number of aryl methyl sites for hydroxylation is 1. The van der Waals surface area contributed by atoms with Crippen molar-refractivity contribution in [2.75, 3.05) is 50.1 Å². The quantitative estimate of drug-likeness (QED) is 0.393. The predicted molar refractivity (Wildman–Crippen MR) is 142 cm³/mol. The summed E-state index contributed by atoms with van der Waals surface area (Å²) in [6.07, 6.45) is 5.97. The summed E-state index contributed by atoms with van der Waals surface area (Å²) in [5, 5.41) is 1.15. The zero-order chi connectivity index (χ0) is 24.4. The minimum Gasteiger partial charge on any atom is -0.363 e. The second-order valence-electron chi connectivity index (χ2n) is 9.32. The number of aromatic nitrogens is 3. The number of sulfone groups is 1. The number of fused-ring (bicyclic) bond motifs is 1. The SMILES string of the molecule is CN(C)c1ccc(-c2ccc3c(CCCN4CCS(=O)(=O)CC4)cn(-c4ccccc4)c3n2)cn1. The Bertz CT molecular complexity index is 1400. The van der Waals surface area contributed by atoms with Crippen LogP contribution in [-0.4, -0.2) is 73.1 Å². The molecule has 0 unspecified atom stereocenters. The van der Waals surface area contributed by atoms with E-state index in [9.17, 15) is 8.42 Å². The number of benzene rings is 1. The van der Waals surface area contributed by atoms with E-state index < -0.39 is 9.84 Å². The van der Waals surface area contributed by atoms with Gasteiger partial charge in [0.2, 0.25) is 0 Å². The number of pyridine rings is 2. The molecule has 182 valence electrons. The topological polar surface area (TPSA) is 71.3 Å². The Hall–Kier alpha value is -3.23. The summed E-state index contributed by atoms with van der Waals surface area (Å²) < 4.78 is 25.6. The largest absolute Gasteiger partial charge is 0.363 e. The smallest absolute Gasteiger partial charge is 0.152 e. The van der Waals surface area contributed by atoms with Gasteiger partial charge in [-0.25, -0.2) is 18.4 Å². The fourth-order valence-electron chi connectivity index (χ4n) is 4.58. The summed E-state index contributed by atoms with van der Waals surface area (Å²) in [5.74, 6) is 1.46. The van der Waals surface area contributed by atoms with Crippen molar-refractivity contribution in [2.45, 2.75) is 12.8 Å². The van der Waals surface area contributed by atoms with Gasteiger partial charge in [-0.15, -0.1) is 0 Å². The molecular formula is C27H31N5O2S. The molecule has 0 radical (unpaired) electrons. The van der Waals surface area contributed by atoms with Crippen molar-refractivity contribution in [3.63, 3.8) is 0 Å². The van der Waals surface area contributed by atoms with Crippen LogP contribution in [0.5, 0.6) is 0 Å². The summed E-state index contributed by atoms with van der Waals surface area (Å²) in [6.45, 7) is 2.18. The molecule has 5 rings (SSSR count). The first-order chi connectivity index (χ1) is 16.9. The number of rotatable bonds is 7. The molecule has 7 nitrogen and oxygen atoms in total. The first-order valence-electron chi connectivity index (χ1n) is 12.0. The Morgan fingerprint density at radius 2 is 1.74 bits per heavy atom. The Morgan fingerprint density at radius 1 is 0.971 bits per heavy atom. The van der Waals surface area contributed by atoms with Crippen LogP contribution in [0.1, 0.15) is 12.0 Å². The molecule has 1 fully saturated rings. The second-order valence-corrected chi connectivity index (χ2v) is 11.6. The van der Waals surface area contributed by atoms with Crippen molar-refractivity contribution in [3.8, 4) is 16.9 Å². The van der Waals surface area contributed by atoms with Crippen molar-refractivity contribution < 1.29 is 8.42 Å². The highest BCUT2D eigenvalue weighted by atomic mass is 32.2. The third kappa shape index (κ3) is 5.23. The third-order valence-corrected chi connectivity index (χ3v) is 8.24. The van der Waals surface area contributed by atoms with Gasteiger partial charge in [0.15, 0.2) is 9.84 Å². The molecule has 3 aromatic heterocycles. The number of anilines is 1. The van der Waals surface area contributed by atoms with Gasteiger partial charge in [0, 0.05) is 56.2 Å². The lowest BCUT2D eigenvalue weighted by Gasteiger charge is -2.26. The molecular weight excluding hydrogens is 458 g/mol. The maximum atomic E-state index is 11.7. The molecule has 0 atom stereocenters. The summed E-state index contributed by atoms with van der Waals surface area (Å²) >= 11 is 0. The maximum absolute atomic E-state index is 11.7. The lowest BCUT2D eigenvalue weighted by atomic mass is 10.1. The standard InChI is InChI=1S/C27H31N5O2S/c1-30(2)26-13-10-21(19-28-26)25-12-11-24-22(7-6-14-31-15-17-35(33,34)18-16-31)20-32(27(24)29-25)23-8-4-3-5-9-23/h3-5,8-13,19-20H,6-7,14-18H2,1-2H3. The summed E-state index contributed by atoms with van der Waals surface area (Å²) in [4.78, 5) is 13.9. The second kappa shape index (κ2) is 9.79. The fourth-order valence-corrected chi connectivity index (χ4v) is 5.86. The lowest BCUT2D eigenvalue weighted by molar-refractivity contribution is 0.292. The summed E-state index contributed by atoms with van der Waals surface area (Å²) in [6, 6.07) is 18.6. The van der Waals surface area contributed by atoms with Gasteiger partial charge in [-0.1, -0.05) is 18.2 Å². The van der Waals surface area contributed by atoms with Gasteiger partial charge >= 0.3 is 0 Å². The minimum absolute atomic E-state index is 0.275. The van der Waals surface area contributed by atoms with Crippen LogP contribution < -0.4 is 4.90 Å². The van der Waals surface area contributed by atoms with Crippen LogP contribution in [0.2, 0.25) is 0 Å². The normalized spacial score (nSPS) is 15.9. The third-order valence-electron chi connectivity index (χ3n) is 6.63. The highest BCUT2D eigenvalue weighted by molar-refractivity contribution is 7.91. The summed E-state index contributed by atoms with van der Waals surface area (Å²) in [5.41, 5.74) is 5.15. The highest BCUT2D eigenvalue weighted by Crippen LogP contribution is 2.28. The molecule has 1 aliphatic rings. The number of nitrogens with zero attached hydrogens (tertiary/aromatic N) is 5. The van der Waals surface area contributed by atoms with Gasteiger partial charge in [0.1, 0.15) is 11.5 Å². The Balaban J connectivity index is 1.42. The van der Waals surface area contributed by atoms with Crippen LogP contribution in [0.15, 0.2) is 67.0 Å². The van der Waals surface area contributed by atoms with E-state index in [-0.39, 0.29) is 11.5 Å². The number of para-hydroxylation sites is 1. The van der Waals surface area contributed by atoms with E-state index in [0.717, 1.165) is 53.2 Å². The first-order valence-corrected chi connectivity index (χ1v) is 13.8. The van der Waals surface area contributed by atoms with E-state index in [1.807, 2.05) is 49.5 Å². The Labute approximate surface area is 207 Å². The van der Waals surface area contributed by atoms with E-state index in [4.69, 9.17) is 4.98 Å². The Kier molecular flexibility index (Phi) is 6.58. The molecule has 0 saturated carbocycles. The molecule has 4 heterocycles. The zero-order valence-electron chi connectivity index (χ0n) is 20.3. The molecule has 0 amide bonds. The average Bonchev–Trinajstić information content (AvgIpc) is 3.23. The molecule has 1 aliphatic heterocycles. The minimum atomic E-state index is -2.84. The van der Waals surface area contributed by atoms with Crippen molar-refractivity contribution in [1.29, 1.82) is 0 Å². The van der Waals surface area contributed by atoms with Crippen LogP contribution in [0.3, 0.4) is 0 Å². The molecule has 0 spiro atoms. The van der Waals surface area contributed by atoms with Crippen LogP contribution in [0.25, 0.3) is 28.0 Å². The van der Waals surface area contributed by atoms with Crippen LogP contribution in [0, 0.1) is 0 Å². The molecule has 1 aromatic carbocycles. The first kappa shape index (κ1) is 23.5. The maximum Gasteiger partial charge on any atom is 0.152 e. The average molecular weight is 490 g/mol. The van der Waals surface area contributed by atoms with Crippen molar-refractivity contribution in [1.82, 2.24) is 19.4 Å². The van der Waals surface area contributed by atoms with E-state index in [0.29, 0.717) is 13.1 Å². The van der Waals surface area contributed by atoms with E-state index in [1.165, 1.54) is 5.56 Å². The van der Waals surface area contributed by atoms with Gasteiger partial charge < -0.3 is 14.4 Å². The van der Waals surface area contributed by atoms with Crippen molar-refractivity contribution in [3.05, 3.63) is 72.6 Å². The van der Waals surface area contributed by atoms with E-state index >= 15 is 0 Å². The van der Waals surface area contributed by atoms with Gasteiger partial charge in [0.25, 0.3) is 0 Å². The van der Waals surface area contributed by atoms with Crippen LogP contribution in [0.4, 0.5) is 5.82 Å². The fraction of sp³-hybridized carbons (Fsp3) is 0.333. The lowest BCUT2D eigenvalue weighted by Crippen LogP contribution is -2.40. The number of hydrogen-bond acceptors (Lipinski definition) is 6. The monoisotopic (exact) mass is 489 g/mol. The van der Waals surface area contributed by atoms with Gasteiger partial charge in [0.05, 0.1) is 17.2 Å². The van der Waals surface area contributed by atoms with Crippen molar-refractivity contribution in [2.24, 2.45) is 0 Å². The molecule has 4 aromatic rings. The van der Waals surface area contributed by atoms with Crippen LogP contribution >= 0.6 is 0 Å². The molecule has 0 aliphatic carbocycles. The zero-order valence-corrected chi connectivity index (χ0v) is 21.1. The van der Waals surface area contributed by atoms with E-state index in [1.54, 1.807) is 0 Å². The molecule has 1 saturated heterocycles. The van der Waals surface area contributed by atoms with E-state index in [2.05, 4.69) is 51.0 Å². The molecule has 35 heavy (non-hydrogen) atoms. The molecule has 0 bridgehead atoms. The van der Waals surface area contributed by atoms with Crippen LogP contribution in [-0.2, 0) is 16.3 Å². The molecule has 8 heteroatoms. The highest BCUT2D eigenvalue weighted by Gasteiger charge is 2.21. The Morgan fingerprint density at radius 3 is 2.43 bits per heavy atom. The van der Waals surface area contributed by atoms with Gasteiger partial charge in [-0.2, -0.15) is 0 Å².